The third-order valence-electron chi connectivity index (χ3n) is 2.03. The lowest BCUT2D eigenvalue weighted by atomic mass is 10.1. The van der Waals surface area contributed by atoms with Crippen LogP contribution in [0.2, 0.25) is 0 Å². The standard InChI is InChI=1S/C12H12O/c1-2-4-11(5-3-1)6-7-12-8-9-13-10-12/h1-7,10H,8-9H2. The summed E-state index contributed by atoms with van der Waals surface area (Å²) in [5.74, 6) is 0. The summed E-state index contributed by atoms with van der Waals surface area (Å²) in [5, 5.41) is 0. The van der Waals surface area contributed by atoms with Gasteiger partial charge in [-0.1, -0.05) is 42.5 Å². The fourth-order valence-corrected chi connectivity index (χ4v) is 1.29. The predicted octanol–water partition coefficient (Wildman–Crippen LogP) is 3.00. The van der Waals surface area contributed by atoms with Crippen molar-refractivity contribution >= 4 is 6.08 Å². The minimum Gasteiger partial charge on any atom is -0.501 e. The summed E-state index contributed by atoms with van der Waals surface area (Å²) in [6.45, 7) is 0.828. The second kappa shape index (κ2) is 3.94. The number of allylic oxidation sites excluding steroid dienone is 1. The van der Waals surface area contributed by atoms with Gasteiger partial charge in [-0.15, -0.1) is 0 Å². The van der Waals surface area contributed by atoms with Gasteiger partial charge in [0.15, 0.2) is 0 Å². The second-order valence-corrected chi connectivity index (χ2v) is 3.06. The fraction of sp³-hybridized carbons (Fsp3) is 0.167. The lowest BCUT2D eigenvalue weighted by Crippen LogP contribution is -1.75. The van der Waals surface area contributed by atoms with Crippen molar-refractivity contribution in [3.8, 4) is 0 Å². The third kappa shape index (κ3) is 2.22. The Labute approximate surface area is 78.3 Å². The van der Waals surface area contributed by atoms with Crippen LogP contribution >= 0.6 is 0 Å². The minimum atomic E-state index is 0.828. The van der Waals surface area contributed by atoms with Crippen LogP contribution in [0.3, 0.4) is 0 Å². The molecule has 1 nitrogen and oxygen atoms in total. The van der Waals surface area contributed by atoms with E-state index in [1.165, 1.54) is 11.1 Å². The summed E-state index contributed by atoms with van der Waals surface area (Å²) in [6, 6.07) is 10.3. The normalized spacial score (nSPS) is 15.8. The monoisotopic (exact) mass is 172 g/mol. The first-order chi connectivity index (χ1) is 6.45. The Morgan fingerprint density at radius 3 is 2.62 bits per heavy atom. The maximum atomic E-state index is 5.13. The molecular formula is C12H12O. The van der Waals surface area contributed by atoms with E-state index in [-0.39, 0.29) is 0 Å². The first kappa shape index (κ1) is 8.11. The molecule has 0 aromatic heterocycles. The molecule has 0 saturated carbocycles. The third-order valence-corrected chi connectivity index (χ3v) is 2.03. The van der Waals surface area contributed by atoms with E-state index in [1.807, 2.05) is 24.5 Å². The largest absolute Gasteiger partial charge is 0.501 e. The van der Waals surface area contributed by atoms with Gasteiger partial charge in [-0.3, -0.25) is 0 Å². The Balaban J connectivity index is 2.05. The Morgan fingerprint density at radius 2 is 1.92 bits per heavy atom. The van der Waals surface area contributed by atoms with Gasteiger partial charge in [0.25, 0.3) is 0 Å². The van der Waals surface area contributed by atoms with Gasteiger partial charge in [0.05, 0.1) is 12.9 Å². The lowest BCUT2D eigenvalue weighted by Gasteiger charge is -1.91. The van der Waals surface area contributed by atoms with Crippen molar-refractivity contribution in [2.45, 2.75) is 6.42 Å². The van der Waals surface area contributed by atoms with Gasteiger partial charge < -0.3 is 4.74 Å². The highest BCUT2D eigenvalue weighted by Gasteiger charge is 2.00. The van der Waals surface area contributed by atoms with Crippen molar-refractivity contribution in [2.24, 2.45) is 0 Å². The molecule has 1 heteroatoms. The summed E-state index contributed by atoms with van der Waals surface area (Å²) in [4.78, 5) is 0. The van der Waals surface area contributed by atoms with Gasteiger partial charge in [-0.2, -0.15) is 0 Å². The number of hydrogen-bond acceptors (Lipinski definition) is 1. The molecule has 0 fully saturated rings. The molecule has 0 radical (unpaired) electrons. The van der Waals surface area contributed by atoms with Crippen molar-refractivity contribution in [3.05, 3.63) is 53.8 Å². The predicted molar refractivity (Wildman–Crippen MR) is 54.1 cm³/mol. The van der Waals surface area contributed by atoms with E-state index in [0.29, 0.717) is 0 Å². The van der Waals surface area contributed by atoms with E-state index in [0.717, 1.165) is 13.0 Å². The molecule has 66 valence electrons. The van der Waals surface area contributed by atoms with E-state index in [4.69, 9.17) is 4.74 Å². The van der Waals surface area contributed by atoms with Crippen molar-refractivity contribution in [2.75, 3.05) is 6.61 Å². The van der Waals surface area contributed by atoms with Gasteiger partial charge in [-0.05, 0) is 11.1 Å². The van der Waals surface area contributed by atoms with Crippen molar-refractivity contribution in [1.82, 2.24) is 0 Å². The quantitative estimate of drug-likeness (QED) is 0.666. The average Bonchev–Trinajstić information content (AvgIpc) is 2.69. The van der Waals surface area contributed by atoms with Crippen LogP contribution in [-0.2, 0) is 4.74 Å². The summed E-state index contributed by atoms with van der Waals surface area (Å²) in [7, 11) is 0. The number of benzene rings is 1. The van der Waals surface area contributed by atoms with Crippen LogP contribution in [-0.4, -0.2) is 6.61 Å². The average molecular weight is 172 g/mol. The highest BCUT2D eigenvalue weighted by Crippen LogP contribution is 2.13. The smallest absolute Gasteiger partial charge is 0.0914 e. The second-order valence-electron chi connectivity index (χ2n) is 3.06. The topological polar surface area (TPSA) is 9.23 Å². The molecule has 0 amide bonds. The molecule has 13 heavy (non-hydrogen) atoms. The van der Waals surface area contributed by atoms with Crippen LogP contribution in [0.25, 0.3) is 6.08 Å². The molecule has 1 heterocycles. The Morgan fingerprint density at radius 1 is 1.08 bits per heavy atom. The molecule has 0 bridgehead atoms. The zero-order valence-corrected chi connectivity index (χ0v) is 7.44. The maximum absolute atomic E-state index is 5.13. The van der Waals surface area contributed by atoms with Crippen LogP contribution in [0.15, 0.2) is 48.2 Å². The first-order valence-electron chi connectivity index (χ1n) is 4.49. The van der Waals surface area contributed by atoms with Gasteiger partial charge >= 0.3 is 0 Å². The minimum absolute atomic E-state index is 0.828. The Kier molecular flexibility index (Phi) is 2.46. The summed E-state index contributed by atoms with van der Waals surface area (Å²) >= 11 is 0. The highest BCUT2D eigenvalue weighted by atomic mass is 16.5. The van der Waals surface area contributed by atoms with Crippen LogP contribution in [0.4, 0.5) is 0 Å². The van der Waals surface area contributed by atoms with E-state index < -0.39 is 0 Å². The van der Waals surface area contributed by atoms with E-state index in [9.17, 15) is 0 Å². The molecule has 0 atom stereocenters. The van der Waals surface area contributed by atoms with Gasteiger partial charge in [-0.25, -0.2) is 0 Å². The SMILES string of the molecule is C(=Cc1ccccc1)C1=COCC1. The van der Waals surface area contributed by atoms with Crippen LogP contribution in [0, 0.1) is 0 Å². The fourth-order valence-electron chi connectivity index (χ4n) is 1.29. The van der Waals surface area contributed by atoms with E-state index in [2.05, 4.69) is 24.3 Å². The van der Waals surface area contributed by atoms with Crippen molar-refractivity contribution < 1.29 is 4.74 Å². The van der Waals surface area contributed by atoms with Gasteiger partial charge in [0.1, 0.15) is 0 Å². The Bertz CT molecular complexity index is 322. The van der Waals surface area contributed by atoms with Crippen LogP contribution < -0.4 is 0 Å². The van der Waals surface area contributed by atoms with E-state index >= 15 is 0 Å². The molecule has 0 N–H and O–H groups in total. The molecule has 1 aliphatic heterocycles. The molecular weight excluding hydrogens is 160 g/mol. The zero-order chi connectivity index (χ0) is 8.93. The maximum Gasteiger partial charge on any atom is 0.0914 e. The molecule has 1 aromatic rings. The molecule has 0 spiro atoms. The summed E-state index contributed by atoms with van der Waals surface area (Å²) < 4.78 is 5.13. The molecule has 0 saturated heterocycles. The molecule has 2 rings (SSSR count). The van der Waals surface area contributed by atoms with Crippen molar-refractivity contribution in [3.63, 3.8) is 0 Å². The van der Waals surface area contributed by atoms with Gasteiger partial charge in [0.2, 0.25) is 0 Å². The number of hydrogen-bond donors (Lipinski definition) is 0. The summed E-state index contributed by atoms with van der Waals surface area (Å²) in [5.41, 5.74) is 2.50. The first-order valence-corrected chi connectivity index (χ1v) is 4.49. The molecule has 1 aromatic carbocycles. The lowest BCUT2D eigenvalue weighted by molar-refractivity contribution is 0.281. The number of ether oxygens (including phenoxy) is 1. The van der Waals surface area contributed by atoms with Gasteiger partial charge in [0, 0.05) is 6.42 Å². The summed E-state index contributed by atoms with van der Waals surface area (Å²) in [6.07, 6.45) is 7.09. The molecule has 1 aliphatic rings. The van der Waals surface area contributed by atoms with Crippen LogP contribution in [0.5, 0.6) is 0 Å². The van der Waals surface area contributed by atoms with Crippen molar-refractivity contribution in [1.29, 1.82) is 0 Å². The highest BCUT2D eigenvalue weighted by molar-refractivity contribution is 5.52. The van der Waals surface area contributed by atoms with Crippen LogP contribution in [0.1, 0.15) is 12.0 Å². The molecule has 0 unspecified atom stereocenters. The molecule has 0 aliphatic carbocycles. The zero-order valence-electron chi connectivity index (χ0n) is 7.44. The number of rotatable bonds is 2. The van der Waals surface area contributed by atoms with E-state index in [1.54, 1.807) is 0 Å². The Hall–Kier alpha value is -1.50.